The van der Waals surface area contributed by atoms with Gasteiger partial charge in [0.1, 0.15) is 5.75 Å². The van der Waals surface area contributed by atoms with E-state index in [-0.39, 0.29) is 5.97 Å². The molecule has 0 heterocycles. The van der Waals surface area contributed by atoms with Crippen LogP contribution in [0.5, 0.6) is 5.75 Å². The number of carbonyl (C=O) groups is 1. The predicted molar refractivity (Wildman–Crippen MR) is 144 cm³/mol. The monoisotopic (exact) mass is 478 g/mol. The van der Waals surface area contributed by atoms with E-state index in [2.05, 4.69) is 48.5 Å². The second kappa shape index (κ2) is 11.0. The first-order valence-corrected chi connectivity index (χ1v) is 12.7. The fraction of sp³-hybridized carbons (Fsp3) is 0.500. The Bertz CT molecular complexity index is 1030. The zero-order chi connectivity index (χ0) is 25.7. The van der Waals surface area contributed by atoms with Crippen LogP contribution in [-0.2, 0) is 16.0 Å². The summed E-state index contributed by atoms with van der Waals surface area (Å²) in [7, 11) is 0. The predicted octanol–water partition coefficient (Wildman–Crippen LogP) is 5.75. The van der Waals surface area contributed by atoms with Gasteiger partial charge in [0, 0.05) is 11.1 Å². The molecule has 2 aromatic rings. The molecule has 1 aliphatic carbocycles. The topological polar surface area (TPSA) is 87.6 Å². The van der Waals surface area contributed by atoms with Gasteiger partial charge in [0.15, 0.2) is 0 Å². The van der Waals surface area contributed by atoms with Gasteiger partial charge in [-0.2, -0.15) is 0 Å². The van der Waals surface area contributed by atoms with Crippen LogP contribution in [0.2, 0.25) is 0 Å². The van der Waals surface area contributed by atoms with Crippen LogP contribution in [-0.4, -0.2) is 30.3 Å². The highest BCUT2D eigenvalue weighted by atomic mass is 16.5. The lowest BCUT2D eigenvalue weighted by molar-refractivity contribution is -0.158. The molecule has 0 bridgehead atoms. The third-order valence-corrected chi connectivity index (χ3v) is 7.02. The summed E-state index contributed by atoms with van der Waals surface area (Å²) in [6.07, 6.45) is 6.36. The van der Waals surface area contributed by atoms with E-state index < -0.39 is 16.5 Å². The average Bonchev–Trinajstić information content (AvgIpc) is 3.20. The molecule has 0 fully saturated rings. The number of hydrogen-bond donors (Lipinski definition) is 2. The normalized spacial score (nSPS) is 15.2. The zero-order valence-corrected chi connectivity index (χ0v) is 22.0. The molecule has 4 N–H and O–H groups in total. The van der Waals surface area contributed by atoms with Crippen molar-refractivity contribution in [1.29, 1.82) is 0 Å². The zero-order valence-electron chi connectivity index (χ0n) is 22.0. The summed E-state index contributed by atoms with van der Waals surface area (Å²) in [6.45, 7) is 10.4. The highest BCUT2D eigenvalue weighted by Crippen LogP contribution is 2.36. The van der Waals surface area contributed by atoms with Gasteiger partial charge in [0.05, 0.1) is 18.6 Å². The van der Waals surface area contributed by atoms with E-state index in [4.69, 9.17) is 20.9 Å². The van der Waals surface area contributed by atoms with E-state index in [0.717, 1.165) is 31.4 Å². The summed E-state index contributed by atoms with van der Waals surface area (Å²) >= 11 is 0. The van der Waals surface area contributed by atoms with Crippen molar-refractivity contribution in [3.8, 4) is 5.75 Å². The number of fused-ring (bicyclic) bond motifs is 1. The molecular formula is C30H42N2O3. The van der Waals surface area contributed by atoms with Gasteiger partial charge in [-0.1, -0.05) is 42.5 Å². The number of hydrogen-bond acceptors (Lipinski definition) is 5. The van der Waals surface area contributed by atoms with Crippen molar-refractivity contribution in [3.05, 3.63) is 65.2 Å². The number of allylic oxidation sites excluding steroid dienone is 1. The lowest BCUT2D eigenvalue weighted by Gasteiger charge is -2.42. The number of esters is 1. The van der Waals surface area contributed by atoms with Crippen LogP contribution in [0.3, 0.4) is 0 Å². The maximum Gasteiger partial charge on any atom is 0.313 e. The Balaban J connectivity index is 1.38. The SMILES string of the molecule is CC(C)(N)CC(C)(N)C(C)(C)C(=O)OCCCCCOc1ccc2c(c1)C=C(c1ccccc1)C2. The maximum absolute atomic E-state index is 12.7. The smallest absolute Gasteiger partial charge is 0.313 e. The third-order valence-electron chi connectivity index (χ3n) is 7.02. The molecule has 5 nitrogen and oxygen atoms in total. The molecule has 190 valence electrons. The molecule has 0 saturated heterocycles. The summed E-state index contributed by atoms with van der Waals surface area (Å²) < 4.78 is 11.5. The molecule has 3 rings (SSSR count). The van der Waals surface area contributed by atoms with Gasteiger partial charge in [-0.3, -0.25) is 4.79 Å². The van der Waals surface area contributed by atoms with Crippen LogP contribution in [0.4, 0.5) is 0 Å². The second-order valence-corrected chi connectivity index (χ2v) is 11.3. The fourth-order valence-electron chi connectivity index (χ4n) is 4.56. The highest BCUT2D eigenvalue weighted by molar-refractivity contribution is 5.88. The molecule has 5 heteroatoms. The van der Waals surface area contributed by atoms with Crippen molar-refractivity contribution in [2.75, 3.05) is 13.2 Å². The van der Waals surface area contributed by atoms with Gasteiger partial charge >= 0.3 is 5.97 Å². The molecule has 2 aromatic carbocycles. The second-order valence-electron chi connectivity index (χ2n) is 11.3. The standard InChI is InChI=1S/C30H42N2O3/c1-28(2,31)21-30(5,32)29(3,4)27(33)35-17-11-7-10-16-34-26-15-14-23-18-24(19-25(23)20-26)22-12-8-6-9-13-22/h6,8-9,12-15,19-20H,7,10-11,16-18,21,31-32H2,1-5H3. The van der Waals surface area contributed by atoms with Gasteiger partial charge in [0.2, 0.25) is 0 Å². The molecule has 0 saturated carbocycles. The molecule has 1 unspecified atom stereocenters. The summed E-state index contributed by atoms with van der Waals surface area (Å²) in [5.41, 5.74) is 15.8. The van der Waals surface area contributed by atoms with E-state index >= 15 is 0 Å². The van der Waals surface area contributed by atoms with Crippen molar-refractivity contribution in [2.45, 2.75) is 77.8 Å². The van der Waals surface area contributed by atoms with Gasteiger partial charge < -0.3 is 20.9 Å². The lowest BCUT2D eigenvalue weighted by Crippen LogP contribution is -2.59. The van der Waals surface area contributed by atoms with E-state index in [0.29, 0.717) is 19.6 Å². The van der Waals surface area contributed by atoms with Crippen molar-refractivity contribution < 1.29 is 14.3 Å². The number of benzene rings is 2. The molecule has 0 aromatic heterocycles. The van der Waals surface area contributed by atoms with E-state index in [1.54, 1.807) is 0 Å². The first-order chi connectivity index (χ1) is 16.4. The summed E-state index contributed by atoms with van der Waals surface area (Å²) in [5, 5.41) is 0. The van der Waals surface area contributed by atoms with Crippen LogP contribution >= 0.6 is 0 Å². The van der Waals surface area contributed by atoms with Crippen molar-refractivity contribution in [2.24, 2.45) is 16.9 Å². The number of rotatable bonds is 12. The van der Waals surface area contributed by atoms with Crippen molar-refractivity contribution >= 4 is 17.6 Å². The van der Waals surface area contributed by atoms with Crippen molar-refractivity contribution in [3.63, 3.8) is 0 Å². The molecule has 0 aliphatic heterocycles. The lowest BCUT2D eigenvalue weighted by atomic mass is 9.68. The fourth-order valence-corrected chi connectivity index (χ4v) is 4.56. The quantitative estimate of drug-likeness (QED) is 0.300. The number of unbranched alkanes of at least 4 members (excludes halogenated alkanes) is 2. The number of nitrogens with two attached hydrogens (primary N) is 2. The number of carbonyl (C=O) groups excluding carboxylic acids is 1. The Morgan fingerprint density at radius 1 is 0.914 bits per heavy atom. The summed E-state index contributed by atoms with van der Waals surface area (Å²) in [4.78, 5) is 12.7. The largest absolute Gasteiger partial charge is 0.494 e. The molecular weight excluding hydrogens is 436 g/mol. The molecule has 0 radical (unpaired) electrons. The van der Waals surface area contributed by atoms with Crippen LogP contribution in [0.15, 0.2) is 48.5 Å². The minimum atomic E-state index is -0.824. The summed E-state index contributed by atoms with van der Waals surface area (Å²) in [5.74, 6) is 0.622. The van der Waals surface area contributed by atoms with Gasteiger partial charge in [-0.05, 0) is 101 Å². The molecule has 35 heavy (non-hydrogen) atoms. The minimum Gasteiger partial charge on any atom is -0.494 e. The highest BCUT2D eigenvalue weighted by Gasteiger charge is 2.46. The first-order valence-electron chi connectivity index (χ1n) is 12.7. The van der Waals surface area contributed by atoms with Gasteiger partial charge in [0.25, 0.3) is 0 Å². The first kappa shape index (κ1) is 27.0. The Hall–Kier alpha value is -2.63. The van der Waals surface area contributed by atoms with Crippen LogP contribution in [0, 0.1) is 5.41 Å². The summed E-state index contributed by atoms with van der Waals surface area (Å²) in [6, 6.07) is 16.8. The Kier molecular flexibility index (Phi) is 8.45. The molecule has 0 spiro atoms. The Morgan fingerprint density at radius 2 is 1.60 bits per heavy atom. The van der Waals surface area contributed by atoms with Crippen molar-refractivity contribution in [1.82, 2.24) is 0 Å². The van der Waals surface area contributed by atoms with E-state index in [9.17, 15) is 4.79 Å². The van der Waals surface area contributed by atoms with Crippen LogP contribution in [0.1, 0.15) is 77.0 Å². The van der Waals surface area contributed by atoms with E-state index in [1.165, 1.54) is 22.3 Å². The minimum absolute atomic E-state index is 0.274. The molecule has 0 amide bonds. The average molecular weight is 479 g/mol. The van der Waals surface area contributed by atoms with Crippen LogP contribution < -0.4 is 16.2 Å². The van der Waals surface area contributed by atoms with E-state index in [1.807, 2.05) is 40.7 Å². The Morgan fingerprint density at radius 3 is 2.29 bits per heavy atom. The third kappa shape index (κ3) is 7.18. The van der Waals surface area contributed by atoms with Gasteiger partial charge in [-0.15, -0.1) is 0 Å². The number of ether oxygens (including phenoxy) is 2. The van der Waals surface area contributed by atoms with Crippen LogP contribution in [0.25, 0.3) is 11.6 Å². The molecule has 1 aliphatic rings. The van der Waals surface area contributed by atoms with Gasteiger partial charge in [-0.25, -0.2) is 0 Å². The molecule has 1 atom stereocenters. The maximum atomic E-state index is 12.7. The Labute approximate surface area is 210 Å².